The van der Waals surface area contributed by atoms with Crippen molar-refractivity contribution in [2.75, 3.05) is 19.8 Å². The van der Waals surface area contributed by atoms with E-state index in [9.17, 15) is 9.18 Å². The summed E-state index contributed by atoms with van der Waals surface area (Å²) in [6.07, 6.45) is -3.07. The fourth-order valence-corrected chi connectivity index (χ4v) is 1.09. The van der Waals surface area contributed by atoms with Gasteiger partial charge in [0.15, 0.2) is 6.17 Å². The molecule has 4 atom stereocenters. The number of alkyl halides is 1. The largest absolute Gasteiger partial charge is 0.480 e. The number of aliphatic carboxylic acids is 1. The van der Waals surface area contributed by atoms with Crippen LogP contribution in [-0.2, 0) is 4.79 Å². The molecule has 8 nitrogen and oxygen atoms in total. The van der Waals surface area contributed by atoms with Crippen LogP contribution in [0.5, 0.6) is 0 Å². The van der Waals surface area contributed by atoms with Crippen molar-refractivity contribution in [3.63, 3.8) is 0 Å². The smallest absolute Gasteiger partial charge is 0.320 e. The highest BCUT2D eigenvalue weighted by Gasteiger charge is 2.25. The standard InChI is InChI=1S/C6H14N2O2.C5H11FO4/c7-4-2-1-3-5(8)6(9)10;6-5(3(9)1-7)4(10)2-8/h5H,1-4,7-8H2,(H,9,10);3-5,7-10H,1-2H2/t;3-,4+,5?. The molecule has 9 N–H and O–H groups in total. The minimum absolute atomic E-state index is 0.520. The minimum Gasteiger partial charge on any atom is -0.480 e. The van der Waals surface area contributed by atoms with Crippen LogP contribution in [0, 0.1) is 0 Å². The van der Waals surface area contributed by atoms with Gasteiger partial charge in [0.25, 0.3) is 0 Å². The second-order valence-electron chi connectivity index (χ2n) is 4.17. The Morgan fingerprint density at radius 3 is 1.85 bits per heavy atom. The highest BCUT2D eigenvalue weighted by Crippen LogP contribution is 2.03. The summed E-state index contributed by atoms with van der Waals surface area (Å²) in [6.45, 7) is -0.928. The van der Waals surface area contributed by atoms with Gasteiger partial charge in [0, 0.05) is 0 Å². The predicted molar refractivity (Wildman–Crippen MR) is 69.6 cm³/mol. The minimum atomic E-state index is -1.99. The lowest BCUT2D eigenvalue weighted by atomic mass is 10.1. The number of rotatable bonds is 9. The fourth-order valence-electron chi connectivity index (χ4n) is 1.09. The van der Waals surface area contributed by atoms with Crippen molar-refractivity contribution < 1.29 is 34.7 Å². The van der Waals surface area contributed by atoms with Crippen LogP contribution >= 0.6 is 0 Å². The zero-order valence-corrected chi connectivity index (χ0v) is 11.2. The first-order valence-electron chi connectivity index (χ1n) is 6.22. The second kappa shape index (κ2) is 13.2. The number of halogens is 1. The third-order valence-corrected chi connectivity index (χ3v) is 2.40. The van der Waals surface area contributed by atoms with Gasteiger partial charge in [-0.25, -0.2) is 4.39 Å². The maximum Gasteiger partial charge on any atom is 0.320 e. The van der Waals surface area contributed by atoms with E-state index in [0.29, 0.717) is 13.0 Å². The van der Waals surface area contributed by atoms with Gasteiger partial charge in [-0.1, -0.05) is 6.42 Å². The number of hydrogen-bond donors (Lipinski definition) is 7. The Balaban J connectivity index is 0. The second-order valence-corrected chi connectivity index (χ2v) is 4.17. The van der Waals surface area contributed by atoms with Crippen LogP contribution in [0.1, 0.15) is 19.3 Å². The maximum atomic E-state index is 12.4. The van der Waals surface area contributed by atoms with Crippen LogP contribution in [0.25, 0.3) is 0 Å². The van der Waals surface area contributed by atoms with Crippen LogP contribution < -0.4 is 11.5 Å². The van der Waals surface area contributed by atoms with Crippen molar-refractivity contribution in [1.82, 2.24) is 0 Å². The number of carboxylic acid groups (broad SMARTS) is 1. The molecule has 0 aromatic carbocycles. The maximum absolute atomic E-state index is 12.4. The van der Waals surface area contributed by atoms with E-state index in [-0.39, 0.29) is 0 Å². The summed E-state index contributed by atoms with van der Waals surface area (Å²) in [5.74, 6) is -0.933. The molecule has 0 spiro atoms. The van der Waals surface area contributed by atoms with Gasteiger partial charge in [-0.05, 0) is 19.4 Å². The molecule has 122 valence electrons. The molecule has 20 heavy (non-hydrogen) atoms. The Labute approximate surface area is 116 Å². The lowest BCUT2D eigenvalue weighted by molar-refractivity contribution is -0.138. The third kappa shape index (κ3) is 11.0. The lowest BCUT2D eigenvalue weighted by Gasteiger charge is -2.16. The van der Waals surface area contributed by atoms with Gasteiger partial charge in [0.1, 0.15) is 18.2 Å². The highest BCUT2D eigenvalue weighted by atomic mass is 19.1. The first-order valence-corrected chi connectivity index (χ1v) is 6.22. The molecule has 0 fully saturated rings. The van der Waals surface area contributed by atoms with E-state index < -0.39 is 43.6 Å². The molecule has 0 amide bonds. The SMILES string of the molecule is NCCCCC(N)C(=O)O.OC[C@@H](O)C(F)[C@@H](O)CO. The molecule has 0 aliphatic rings. The van der Waals surface area contributed by atoms with Crippen molar-refractivity contribution >= 4 is 5.97 Å². The van der Waals surface area contributed by atoms with Gasteiger partial charge >= 0.3 is 5.97 Å². The Kier molecular flexibility index (Phi) is 14.1. The van der Waals surface area contributed by atoms with Gasteiger partial charge in [-0.15, -0.1) is 0 Å². The van der Waals surface area contributed by atoms with Crippen molar-refractivity contribution in [2.24, 2.45) is 11.5 Å². The zero-order valence-electron chi connectivity index (χ0n) is 11.2. The van der Waals surface area contributed by atoms with Crippen molar-refractivity contribution in [3.05, 3.63) is 0 Å². The molecule has 0 aliphatic carbocycles. The lowest BCUT2D eigenvalue weighted by Crippen LogP contribution is -2.38. The molecule has 0 rings (SSSR count). The van der Waals surface area contributed by atoms with E-state index in [4.69, 9.17) is 37.0 Å². The highest BCUT2D eigenvalue weighted by molar-refractivity contribution is 5.72. The number of carboxylic acids is 1. The summed E-state index contributed by atoms with van der Waals surface area (Å²) in [5, 5.41) is 41.7. The molecule has 2 unspecified atom stereocenters. The Bertz CT molecular complexity index is 237. The average Bonchev–Trinajstić information content (AvgIpc) is 2.45. The summed E-state index contributed by atoms with van der Waals surface area (Å²) in [7, 11) is 0. The molecule has 0 aliphatic heterocycles. The van der Waals surface area contributed by atoms with Gasteiger partial charge in [-0.2, -0.15) is 0 Å². The molecule has 0 bridgehead atoms. The Morgan fingerprint density at radius 2 is 1.55 bits per heavy atom. The van der Waals surface area contributed by atoms with Crippen molar-refractivity contribution in [3.8, 4) is 0 Å². The molecule has 0 aromatic heterocycles. The summed E-state index contributed by atoms with van der Waals surface area (Å²) < 4.78 is 12.4. The van der Waals surface area contributed by atoms with Crippen LogP contribution in [0.4, 0.5) is 4.39 Å². The molecule has 0 saturated carbocycles. The van der Waals surface area contributed by atoms with E-state index in [1.54, 1.807) is 0 Å². The molecule has 0 heterocycles. The van der Waals surface area contributed by atoms with Crippen molar-refractivity contribution in [1.29, 1.82) is 0 Å². The summed E-state index contributed by atoms with van der Waals surface area (Å²) in [5.41, 5.74) is 10.4. The molecular weight excluding hydrogens is 275 g/mol. The van der Waals surface area contributed by atoms with E-state index in [2.05, 4.69) is 0 Å². The molecule has 0 saturated heterocycles. The van der Waals surface area contributed by atoms with Crippen molar-refractivity contribution in [2.45, 2.75) is 43.7 Å². The normalized spacial score (nSPS) is 16.6. The van der Waals surface area contributed by atoms with Crippen LogP contribution in [-0.4, -0.2) is 75.7 Å². The molecule has 0 aromatic rings. The molecule has 0 radical (unpaired) electrons. The number of hydrogen-bond acceptors (Lipinski definition) is 7. The number of aliphatic hydroxyl groups is 4. The first kappa shape index (κ1) is 21.5. The quantitative estimate of drug-likeness (QED) is 0.230. The Hall–Kier alpha value is -0.840. The number of unbranched alkanes of at least 4 members (excludes halogenated alkanes) is 1. The summed E-state index contributed by atoms with van der Waals surface area (Å²) >= 11 is 0. The van der Waals surface area contributed by atoms with Crippen LogP contribution in [0.15, 0.2) is 0 Å². The van der Waals surface area contributed by atoms with E-state index in [0.717, 1.165) is 12.8 Å². The van der Waals surface area contributed by atoms with Gasteiger partial charge in [-0.3, -0.25) is 4.79 Å². The van der Waals surface area contributed by atoms with Gasteiger partial charge < -0.3 is 37.0 Å². The number of carbonyl (C=O) groups is 1. The number of nitrogens with two attached hydrogens (primary N) is 2. The topological polar surface area (TPSA) is 170 Å². The third-order valence-electron chi connectivity index (χ3n) is 2.40. The average molecular weight is 300 g/mol. The van der Waals surface area contributed by atoms with Crippen LogP contribution in [0.2, 0.25) is 0 Å². The summed E-state index contributed by atoms with van der Waals surface area (Å²) in [6, 6.07) is -0.716. The monoisotopic (exact) mass is 300 g/mol. The molecular formula is C11H25FN2O6. The van der Waals surface area contributed by atoms with E-state index in [1.165, 1.54) is 0 Å². The first-order chi connectivity index (χ1) is 9.31. The van der Waals surface area contributed by atoms with E-state index in [1.807, 2.05) is 0 Å². The van der Waals surface area contributed by atoms with Crippen LogP contribution in [0.3, 0.4) is 0 Å². The number of aliphatic hydroxyl groups excluding tert-OH is 4. The fraction of sp³-hybridized carbons (Fsp3) is 0.909. The Morgan fingerprint density at radius 1 is 1.10 bits per heavy atom. The summed E-state index contributed by atoms with van der Waals surface area (Å²) in [4.78, 5) is 10.1. The zero-order chi connectivity index (χ0) is 16.1. The molecule has 9 heteroatoms. The predicted octanol–water partition coefficient (Wildman–Crippen LogP) is -2.44. The van der Waals surface area contributed by atoms with Gasteiger partial charge in [0.05, 0.1) is 13.2 Å². The van der Waals surface area contributed by atoms with E-state index >= 15 is 0 Å². The van der Waals surface area contributed by atoms with Gasteiger partial charge in [0.2, 0.25) is 0 Å².